The summed E-state index contributed by atoms with van der Waals surface area (Å²) in [5.41, 5.74) is 4.15. The smallest absolute Gasteiger partial charge is 0.165 e. The second kappa shape index (κ2) is 5.67. The van der Waals surface area contributed by atoms with E-state index in [1.54, 1.807) is 0 Å². The number of rotatable bonds is 3. The lowest BCUT2D eigenvalue weighted by Crippen LogP contribution is -2.29. The molecule has 0 aromatic heterocycles. The van der Waals surface area contributed by atoms with Gasteiger partial charge in [-0.1, -0.05) is 32.0 Å². The maximum absolute atomic E-state index is 2.40. The molecule has 0 aliphatic carbocycles. The highest BCUT2D eigenvalue weighted by Crippen LogP contribution is 2.46. The number of fused-ring (bicyclic) bond motifs is 1. The van der Waals surface area contributed by atoms with Gasteiger partial charge in [-0.15, -0.1) is 0 Å². The first-order valence-corrected chi connectivity index (χ1v) is 7.93. The molecule has 0 amide bonds. The SMILES string of the molecule is CC(C)[N+](=CC=C1N(C)c2ccccc2C1(C)C)C(C)C. The van der Waals surface area contributed by atoms with Gasteiger partial charge in [0.2, 0.25) is 0 Å². The predicted octanol–water partition coefficient (Wildman–Crippen LogP) is 4.20. The monoisotopic (exact) mass is 285 g/mol. The Morgan fingerprint density at radius 2 is 1.62 bits per heavy atom. The Balaban J connectivity index is 2.46. The molecule has 1 aromatic carbocycles. The molecule has 1 aliphatic heterocycles. The third kappa shape index (κ3) is 2.76. The second-order valence-corrected chi connectivity index (χ2v) is 7.04. The van der Waals surface area contributed by atoms with Crippen LogP contribution in [0, 0.1) is 0 Å². The Morgan fingerprint density at radius 3 is 2.14 bits per heavy atom. The van der Waals surface area contributed by atoms with E-state index in [1.807, 2.05) is 0 Å². The average molecular weight is 285 g/mol. The normalized spacial score (nSPS) is 18.5. The summed E-state index contributed by atoms with van der Waals surface area (Å²) in [5.74, 6) is 0. The third-order valence-corrected chi connectivity index (χ3v) is 4.54. The van der Waals surface area contributed by atoms with Gasteiger partial charge in [0.15, 0.2) is 6.21 Å². The van der Waals surface area contributed by atoms with Crippen LogP contribution in [0.4, 0.5) is 5.69 Å². The van der Waals surface area contributed by atoms with Crippen molar-refractivity contribution in [2.24, 2.45) is 0 Å². The number of para-hydroxylation sites is 1. The standard InChI is InChI=1S/C19H29N2/c1-14(2)21(15(3)4)13-12-18-19(5,6)16-10-8-9-11-17(16)20(18)7/h8-15H,1-7H3/q+1. The Bertz CT molecular complexity index is 567. The van der Waals surface area contributed by atoms with E-state index in [1.165, 1.54) is 16.9 Å². The van der Waals surface area contributed by atoms with Crippen molar-refractivity contribution in [3.63, 3.8) is 0 Å². The lowest BCUT2D eigenvalue weighted by atomic mass is 9.84. The fraction of sp³-hybridized carbons (Fsp3) is 0.526. The van der Waals surface area contributed by atoms with Crippen LogP contribution >= 0.6 is 0 Å². The number of likely N-dealkylation sites (N-methyl/N-ethyl adjacent to an activating group) is 1. The Morgan fingerprint density at radius 1 is 1.05 bits per heavy atom. The van der Waals surface area contributed by atoms with Gasteiger partial charge in [-0.05, 0) is 39.3 Å². The van der Waals surface area contributed by atoms with E-state index < -0.39 is 0 Å². The van der Waals surface area contributed by atoms with Crippen LogP contribution in [-0.4, -0.2) is 29.9 Å². The summed E-state index contributed by atoms with van der Waals surface area (Å²) in [6, 6.07) is 9.73. The largest absolute Gasteiger partial charge is 0.347 e. The summed E-state index contributed by atoms with van der Waals surface area (Å²) in [6.07, 6.45) is 4.55. The van der Waals surface area contributed by atoms with E-state index in [0.717, 1.165) is 0 Å². The van der Waals surface area contributed by atoms with Crippen LogP contribution in [0.1, 0.15) is 47.1 Å². The first-order chi connectivity index (χ1) is 9.76. The van der Waals surface area contributed by atoms with Gasteiger partial charge in [-0.25, -0.2) is 4.58 Å². The van der Waals surface area contributed by atoms with Crippen LogP contribution in [-0.2, 0) is 5.41 Å². The zero-order chi connectivity index (χ0) is 15.8. The lowest BCUT2D eigenvalue weighted by Gasteiger charge is -2.23. The van der Waals surface area contributed by atoms with Gasteiger partial charge in [0.1, 0.15) is 12.1 Å². The fourth-order valence-electron chi connectivity index (χ4n) is 3.40. The highest BCUT2D eigenvalue weighted by molar-refractivity contribution is 5.77. The molecule has 0 N–H and O–H groups in total. The maximum Gasteiger partial charge on any atom is 0.165 e. The molecule has 0 atom stereocenters. The van der Waals surface area contributed by atoms with E-state index in [9.17, 15) is 0 Å². The highest BCUT2D eigenvalue weighted by Gasteiger charge is 2.38. The van der Waals surface area contributed by atoms with E-state index in [0.29, 0.717) is 12.1 Å². The number of hydrogen-bond acceptors (Lipinski definition) is 1. The molecule has 114 valence electrons. The molecule has 0 bridgehead atoms. The molecule has 1 heterocycles. The Labute approximate surface area is 129 Å². The molecule has 2 heteroatoms. The molecule has 0 unspecified atom stereocenters. The molecule has 1 aromatic rings. The van der Waals surface area contributed by atoms with Crippen molar-refractivity contribution in [1.29, 1.82) is 0 Å². The molecular weight excluding hydrogens is 256 g/mol. The van der Waals surface area contributed by atoms with Gasteiger partial charge < -0.3 is 4.90 Å². The van der Waals surface area contributed by atoms with E-state index in [4.69, 9.17) is 0 Å². The summed E-state index contributed by atoms with van der Waals surface area (Å²) >= 11 is 0. The minimum absolute atomic E-state index is 0.0570. The second-order valence-electron chi connectivity index (χ2n) is 7.04. The molecule has 0 radical (unpaired) electrons. The van der Waals surface area contributed by atoms with Gasteiger partial charge in [0, 0.05) is 29.9 Å². The van der Waals surface area contributed by atoms with Crippen molar-refractivity contribution in [2.75, 3.05) is 11.9 Å². The Kier molecular flexibility index (Phi) is 4.27. The van der Waals surface area contributed by atoms with E-state index in [2.05, 4.69) is 94.6 Å². The van der Waals surface area contributed by atoms with Gasteiger partial charge in [-0.3, -0.25) is 0 Å². The first-order valence-electron chi connectivity index (χ1n) is 7.93. The number of nitrogens with zero attached hydrogens (tertiary/aromatic N) is 2. The zero-order valence-corrected chi connectivity index (χ0v) is 14.5. The van der Waals surface area contributed by atoms with Crippen molar-refractivity contribution < 1.29 is 4.58 Å². The van der Waals surface area contributed by atoms with Crippen molar-refractivity contribution in [2.45, 2.75) is 59.0 Å². The lowest BCUT2D eigenvalue weighted by molar-refractivity contribution is -0.583. The molecular formula is C19H29N2+. The molecule has 1 aliphatic rings. The topological polar surface area (TPSA) is 6.25 Å². The van der Waals surface area contributed by atoms with Crippen LogP contribution in [0.15, 0.2) is 36.0 Å². The van der Waals surface area contributed by atoms with Crippen LogP contribution in [0.5, 0.6) is 0 Å². The van der Waals surface area contributed by atoms with Crippen molar-refractivity contribution in [3.05, 3.63) is 41.6 Å². The minimum atomic E-state index is 0.0570. The van der Waals surface area contributed by atoms with Gasteiger partial charge in [0.25, 0.3) is 0 Å². The first kappa shape index (κ1) is 15.8. The quantitative estimate of drug-likeness (QED) is 0.596. The molecule has 2 nitrogen and oxygen atoms in total. The molecule has 0 saturated carbocycles. The molecule has 0 fully saturated rings. The molecule has 0 saturated heterocycles. The maximum atomic E-state index is 2.40. The number of allylic oxidation sites excluding steroid dienone is 2. The average Bonchev–Trinajstić information content (AvgIpc) is 2.59. The molecule has 21 heavy (non-hydrogen) atoms. The number of hydrogen-bond donors (Lipinski definition) is 0. The van der Waals surface area contributed by atoms with Gasteiger partial charge in [-0.2, -0.15) is 0 Å². The van der Waals surface area contributed by atoms with Crippen LogP contribution in [0.2, 0.25) is 0 Å². The van der Waals surface area contributed by atoms with Crippen LogP contribution in [0.25, 0.3) is 0 Å². The molecule has 2 rings (SSSR count). The summed E-state index contributed by atoms with van der Waals surface area (Å²) in [5, 5.41) is 0. The summed E-state index contributed by atoms with van der Waals surface area (Å²) in [4.78, 5) is 2.32. The summed E-state index contributed by atoms with van der Waals surface area (Å²) < 4.78 is 2.40. The van der Waals surface area contributed by atoms with Crippen molar-refractivity contribution in [3.8, 4) is 0 Å². The fourth-order valence-corrected chi connectivity index (χ4v) is 3.40. The molecule has 0 spiro atoms. The van der Waals surface area contributed by atoms with Gasteiger partial charge in [0.05, 0.1) is 0 Å². The Hall–Kier alpha value is -1.57. The highest BCUT2D eigenvalue weighted by atomic mass is 15.2. The summed E-state index contributed by atoms with van der Waals surface area (Å²) in [7, 11) is 2.17. The zero-order valence-electron chi connectivity index (χ0n) is 14.5. The summed E-state index contributed by atoms with van der Waals surface area (Å²) in [6.45, 7) is 13.6. The van der Waals surface area contributed by atoms with Crippen molar-refractivity contribution in [1.82, 2.24) is 0 Å². The number of benzene rings is 1. The van der Waals surface area contributed by atoms with Gasteiger partial charge >= 0.3 is 0 Å². The van der Waals surface area contributed by atoms with Crippen molar-refractivity contribution >= 4 is 11.9 Å². The third-order valence-electron chi connectivity index (χ3n) is 4.54. The predicted molar refractivity (Wildman–Crippen MR) is 92.6 cm³/mol. The van der Waals surface area contributed by atoms with Crippen LogP contribution in [0.3, 0.4) is 0 Å². The number of anilines is 1. The van der Waals surface area contributed by atoms with E-state index >= 15 is 0 Å². The van der Waals surface area contributed by atoms with Crippen LogP contribution < -0.4 is 4.90 Å². The van der Waals surface area contributed by atoms with E-state index in [-0.39, 0.29) is 5.41 Å². The minimum Gasteiger partial charge on any atom is -0.347 e.